The van der Waals surface area contributed by atoms with Crippen LogP contribution in [-0.4, -0.2) is 35.5 Å². The van der Waals surface area contributed by atoms with Gasteiger partial charge in [0.05, 0.1) is 0 Å². The summed E-state index contributed by atoms with van der Waals surface area (Å²) in [6.07, 6.45) is 0. The van der Waals surface area contributed by atoms with Crippen LogP contribution in [0.5, 0.6) is 0 Å². The molecule has 0 aromatic carbocycles. The van der Waals surface area contributed by atoms with Gasteiger partial charge in [0.15, 0.2) is 11.5 Å². The summed E-state index contributed by atoms with van der Waals surface area (Å²) in [7, 11) is 3.49. The van der Waals surface area contributed by atoms with Gasteiger partial charge in [0.2, 0.25) is 5.82 Å². The van der Waals surface area contributed by atoms with E-state index in [4.69, 9.17) is 10.9 Å². The fourth-order valence-electron chi connectivity index (χ4n) is 0.686. The first-order valence-corrected chi connectivity index (χ1v) is 3.14. The Labute approximate surface area is 68.4 Å². The summed E-state index contributed by atoms with van der Waals surface area (Å²) in [5.41, 5.74) is 5.51. The zero-order valence-corrected chi connectivity index (χ0v) is 6.72. The van der Waals surface area contributed by atoms with Gasteiger partial charge in [-0.3, -0.25) is 0 Å². The molecule has 0 unspecified atom stereocenters. The number of hydrogen-bond donors (Lipinski definition) is 2. The van der Waals surface area contributed by atoms with Crippen molar-refractivity contribution in [3.63, 3.8) is 0 Å². The first-order valence-electron chi connectivity index (χ1n) is 3.14. The molecule has 0 atom stereocenters. The van der Waals surface area contributed by atoms with Crippen LogP contribution in [0.25, 0.3) is 0 Å². The fraction of sp³-hybridized carbons (Fsp3) is 0.400. The Kier molecular flexibility index (Phi) is 2.13. The van der Waals surface area contributed by atoms with Crippen LogP contribution in [0.15, 0.2) is 9.78 Å². The number of nitrogens with two attached hydrogens (primary N) is 1. The van der Waals surface area contributed by atoms with Crippen LogP contribution < -0.4 is 10.6 Å². The van der Waals surface area contributed by atoms with Gasteiger partial charge >= 0.3 is 0 Å². The Morgan fingerprint density at radius 2 is 2.25 bits per heavy atom. The number of hydrogen-bond acceptors (Lipinski definition) is 6. The number of rotatable bonds is 2. The third-order valence-corrected chi connectivity index (χ3v) is 1.25. The van der Waals surface area contributed by atoms with Crippen LogP contribution in [0.1, 0.15) is 5.69 Å². The molecule has 0 fully saturated rings. The maximum Gasteiger partial charge on any atom is 0.204 e. The van der Waals surface area contributed by atoms with Crippen molar-refractivity contribution in [2.24, 2.45) is 10.9 Å². The zero-order valence-electron chi connectivity index (χ0n) is 6.72. The zero-order chi connectivity index (χ0) is 9.14. The standard InChI is InChI=1S/C5H9N5O2/c1-10(2)5-3(4(6)7-11)8-12-9-5/h11H,1-2H3,(H2,6,7). The van der Waals surface area contributed by atoms with Gasteiger partial charge in [-0.05, 0) is 10.3 Å². The number of amidine groups is 1. The molecule has 0 aliphatic heterocycles. The lowest BCUT2D eigenvalue weighted by Gasteiger charge is -2.06. The minimum absolute atomic E-state index is 0.125. The van der Waals surface area contributed by atoms with Gasteiger partial charge in [-0.25, -0.2) is 4.63 Å². The molecule has 1 aromatic heterocycles. The van der Waals surface area contributed by atoms with Crippen LogP contribution in [-0.2, 0) is 0 Å². The van der Waals surface area contributed by atoms with Crippen LogP contribution in [0.2, 0.25) is 0 Å². The Morgan fingerprint density at radius 1 is 1.58 bits per heavy atom. The average molecular weight is 171 g/mol. The highest BCUT2D eigenvalue weighted by atomic mass is 16.6. The van der Waals surface area contributed by atoms with Gasteiger partial charge in [-0.1, -0.05) is 5.16 Å². The maximum absolute atomic E-state index is 8.35. The Balaban J connectivity index is 3.07. The lowest BCUT2D eigenvalue weighted by Crippen LogP contribution is -2.19. The molecule has 1 heterocycles. The summed E-state index contributed by atoms with van der Waals surface area (Å²) in [5, 5.41) is 18.1. The minimum atomic E-state index is -0.125. The molecule has 0 bridgehead atoms. The van der Waals surface area contributed by atoms with E-state index >= 15 is 0 Å². The summed E-state index contributed by atoms with van der Waals surface area (Å²) in [4.78, 5) is 1.64. The van der Waals surface area contributed by atoms with E-state index in [0.717, 1.165) is 0 Å². The molecule has 66 valence electrons. The van der Waals surface area contributed by atoms with E-state index < -0.39 is 0 Å². The highest BCUT2D eigenvalue weighted by molar-refractivity contribution is 5.99. The average Bonchev–Trinajstić information content (AvgIpc) is 2.50. The van der Waals surface area contributed by atoms with E-state index in [1.807, 2.05) is 0 Å². The summed E-state index contributed by atoms with van der Waals surface area (Å²) in [6, 6.07) is 0. The Bertz CT molecular complexity index is 292. The van der Waals surface area contributed by atoms with Crippen molar-refractivity contribution >= 4 is 11.7 Å². The Hall–Kier alpha value is -1.79. The lowest BCUT2D eigenvalue weighted by molar-refractivity contribution is 0.304. The predicted octanol–water partition coefficient (Wildman–Crippen LogP) is -0.770. The van der Waals surface area contributed by atoms with Gasteiger partial charge in [-0.15, -0.1) is 0 Å². The second-order valence-electron chi connectivity index (χ2n) is 2.32. The molecule has 0 aliphatic rings. The van der Waals surface area contributed by atoms with Gasteiger partial charge in [0.25, 0.3) is 0 Å². The summed E-state index contributed by atoms with van der Waals surface area (Å²) < 4.78 is 4.42. The van der Waals surface area contributed by atoms with Crippen molar-refractivity contribution < 1.29 is 9.84 Å². The monoisotopic (exact) mass is 171 g/mol. The molecular weight excluding hydrogens is 162 g/mol. The maximum atomic E-state index is 8.35. The predicted molar refractivity (Wildman–Crippen MR) is 41.1 cm³/mol. The molecule has 7 nitrogen and oxygen atoms in total. The number of anilines is 1. The molecule has 12 heavy (non-hydrogen) atoms. The topological polar surface area (TPSA) is 101 Å². The molecule has 7 heteroatoms. The molecule has 1 rings (SSSR count). The largest absolute Gasteiger partial charge is 0.409 e. The summed E-state index contributed by atoms with van der Waals surface area (Å²) >= 11 is 0. The molecule has 0 saturated carbocycles. The minimum Gasteiger partial charge on any atom is -0.409 e. The molecule has 3 N–H and O–H groups in total. The van der Waals surface area contributed by atoms with Gasteiger partial charge in [0, 0.05) is 14.1 Å². The number of nitrogens with zero attached hydrogens (tertiary/aromatic N) is 4. The van der Waals surface area contributed by atoms with Gasteiger partial charge in [-0.2, -0.15) is 0 Å². The van der Waals surface area contributed by atoms with E-state index in [0.29, 0.717) is 5.82 Å². The second-order valence-corrected chi connectivity index (χ2v) is 2.32. The number of aromatic nitrogens is 2. The molecule has 0 saturated heterocycles. The van der Waals surface area contributed by atoms with Crippen molar-refractivity contribution in [3.05, 3.63) is 5.69 Å². The van der Waals surface area contributed by atoms with Crippen molar-refractivity contribution in [2.45, 2.75) is 0 Å². The molecule has 0 spiro atoms. The first-order chi connectivity index (χ1) is 5.66. The molecule has 0 amide bonds. The van der Waals surface area contributed by atoms with E-state index in [2.05, 4.69) is 20.1 Å². The van der Waals surface area contributed by atoms with E-state index in [1.165, 1.54) is 0 Å². The van der Waals surface area contributed by atoms with Crippen LogP contribution in [0.3, 0.4) is 0 Å². The van der Waals surface area contributed by atoms with Gasteiger partial charge < -0.3 is 15.8 Å². The highest BCUT2D eigenvalue weighted by Crippen LogP contribution is 2.11. The number of oxime groups is 1. The second kappa shape index (κ2) is 3.07. The smallest absolute Gasteiger partial charge is 0.204 e. The normalized spacial score (nSPS) is 11.7. The first kappa shape index (κ1) is 8.31. The van der Waals surface area contributed by atoms with Crippen molar-refractivity contribution in [1.82, 2.24) is 10.3 Å². The molecular formula is C5H9N5O2. The van der Waals surface area contributed by atoms with Crippen LogP contribution in [0, 0.1) is 0 Å². The van der Waals surface area contributed by atoms with Crippen molar-refractivity contribution in [1.29, 1.82) is 0 Å². The fourth-order valence-corrected chi connectivity index (χ4v) is 0.686. The SMILES string of the molecule is CN(C)c1nonc1/C(N)=N/O. The van der Waals surface area contributed by atoms with E-state index in [9.17, 15) is 0 Å². The van der Waals surface area contributed by atoms with Crippen LogP contribution >= 0.6 is 0 Å². The van der Waals surface area contributed by atoms with Crippen molar-refractivity contribution in [3.8, 4) is 0 Å². The quantitative estimate of drug-likeness (QED) is 0.262. The highest BCUT2D eigenvalue weighted by Gasteiger charge is 2.15. The van der Waals surface area contributed by atoms with E-state index in [-0.39, 0.29) is 11.5 Å². The van der Waals surface area contributed by atoms with Gasteiger partial charge in [0.1, 0.15) is 0 Å². The van der Waals surface area contributed by atoms with E-state index in [1.54, 1.807) is 19.0 Å². The summed E-state index contributed by atoms with van der Waals surface area (Å²) in [6.45, 7) is 0. The lowest BCUT2D eigenvalue weighted by atomic mass is 10.4. The Morgan fingerprint density at radius 3 is 2.75 bits per heavy atom. The third-order valence-electron chi connectivity index (χ3n) is 1.25. The molecule has 1 aromatic rings. The molecule has 0 aliphatic carbocycles. The summed E-state index contributed by atoms with van der Waals surface area (Å²) in [5.74, 6) is 0.297. The van der Waals surface area contributed by atoms with Crippen molar-refractivity contribution in [2.75, 3.05) is 19.0 Å². The molecule has 0 radical (unpaired) electrons. The van der Waals surface area contributed by atoms with Crippen LogP contribution in [0.4, 0.5) is 5.82 Å². The third kappa shape index (κ3) is 1.29.